The lowest BCUT2D eigenvalue weighted by atomic mass is 9.83. The lowest BCUT2D eigenvalue weighted by molar-refractivity contribution is -0.137. The topological polar surface area (TPSA) is 106 Å². The van der Waals surface area contributed by atoms with Crippen molar-refractivity contribution in [2.24, 2.45) is 16.6 Å². The molecule has 36 heavy (non-hydrogen) atoms. The number of ether oxygens (including phenoxy) is 2. The van der Waals surface area contributed by atoms with Gasteiger partial charge in [-0.1, -0.05) is 25.5 Å². The van der Waals surface area contributed by atoms with Crippen LogP contribution in [0.15, 0.2) is 23.2 Å². The quantitative estimate of drug-likeness (QED) is 0.618. The predicted molar refractivity (Wildman–Crippen MR) is 138 cm³/mol. The molecule has 4 bridgehead atoms. The van der Waals surface area contributed by atoms with E-state index in [1.54, 1.807) is 4.90 Å². The van der Waals surface area contributed by atoms with E-state index in [1.807, 2.05) is 0 Å². The van der Waals surface area contributed by atoms with Crippen LogP contribution in [0.2, 0.25) is 0 Å². The molecule has 6 rings (SSSR count). The smallest absolute Gasteiger partial charge is 0.231 e. The largest absolute Gasteiger partial charge is 0.487 e. The standard InChI is InChI=1S/C28H40N4O4/c1-4-28-11-6-5-7-18-8-9-23-20(13-18)21(15-27(2,3)36-23)30-24(33)14-19-17-35-12-10-22(19)32(25(34)16-28)26(29)31-28/h8-9,13,19,21-22H,4-7,10-12,14-17H2,1-3H3,(H2,29,31)(H,30,33)/t19?,21-,22?,28+/m0/s1. The number of hydrogen-bond donors (Lipinski definition) is 2. The van der Waals surface area contributed by atoms with Gasteiger partial charge in [0.25, 0.3) is 0 Å². The number of rotatable bonds is 1. The normalized spacial score (nSPS) is 32.6. The zero-order chi connectivity index (χ0) is 25.5. The van der Waals surface area contributed by atoms with Gasteiger partial charge >= 0.3 is 0 Å². The number of fused-ring (bicyclic) bond motifs is 6. The van der Waals surface area contributed by atoms with Crippen molar-refractivity contribution in [3.63, 3.8) is 0 Å². The summed E-state index contributed by atoms with van der Waals surface area (Å²) in [4.78, 5) is 33.5. The van der Waals surface area contributed by atoms with Gasteiger partial charge in [-0.2, -0.15) is 0 Å². The molecule has 1 saturated heterocycles. The van der Waals surface area contributed by atoms with E-state index in [0.29, 0.717) is 38.4 Å². The van der Waals surface area contributed by atoms with Crippen LogP contribution in [0.25, 0.3) is 0 Å². The summed E-state index contributed by atoms with van der Waals surface area (Å²) in [5, 5.41) is 3.29. The molecular formula is C28H40N4O4. The number of amides is 2. The van der Waals surface area contributed by atoms with Gasteiger partial charge in [-0.3, -0.25) is 14.5 Å². The van der Waals surface area contributed by atoms with E-state index >= 15 is 0 Å². The SMILES string of the molecule is CC[C@@]12CCCCc3ccc4c(c3)[C@H](CC(C)(C)O4)NC(=O)CC3COCCC3N(C(=O)C1)C(N)=N2. The number of carbonyl (C=O) groups is 2. The van der Waals surface area contributed by atoms with E-state index in [0.717, 1.165) is 43.4 Å². The van der Waals surface area contributed by atoms with Crippen molar-refractivity contribution in [2.45, 2.75) is 102 Å². The fourth-order valence-corrected chi connectivity index (χ4v) is 6.49. The fraction of sp³-hybridized carbons (Fsp3) is 0.679. The van der Waals surface area contributed by atoms with Crippen LogP contribution in [-0.4, -0.2) is 53.1 Å². The Morgan fingerprint density at radius 2 is 2.08 bits per heavy atom. The number of aryl methyl sites for hydroxylation is 1. The van der Waals surface area contributed by atoms with Crippen LogP contribution in [0.1, 0.15) is 89.3 Å². The van der Waals surface area contributed by atoms with E-state index in [9.17, 15) is 9.59 Å². The molecule has 5 aliphatic rings. The third kappa shape index (κ3) is 4.97. The summed E-state index contributed by atoms with van der Waals surface area (Å²) in [5.41, 5.74) is 7.96. The van der Waals surface area contributed by atoms with Gasteiger partial charge in [0, 0.05) is 37.0 Å². The van der Waals surface area contributed by atoms with Crippen LogP contribution in [0.4, 0.5) is 0 Å². The van der Waals surface area contributed by atoms with Crippen molar-refractivity contribution in [3.05, 3.63) is 29.3 Å². The van der Waals surface area contributed by atoms with Crippen LogP contribution in [0.5, 0.6) is 5.75 Å². The van der Waals surface area contributed by atoms with Gasteiger partial charge in [0.15, 0.2) is 5.96 Å². The Labute approximate surface area is 214 Å². The minimum atomic E-state index is -0.440. The van der Waals surface area contributed by atoms with Crippen LogP contribution in [0, 0.1) is 5.92 Å². The fourth-order valence-electron chi connectivity index (χ4n) is 6.49. The Hall–Kier alpha value is -2.61. The monoisotopic (exact) mass is 496 g/mol. The van der Waals surface area contributed by atoms with Gasteiger partial charge in [0.05, 0.1) is 24.6 Å². The first-order valence-electron chi connectivity index (χ1n) is 13.5. The average molecular weight is 497 g/mol. The lowest BCUT2D eigenvalue weighted by Crippen LogP contribution is -2.59. The highest BCUT2D eigenvalue weighted by Gasteiger charge is 2.44. The zero-order valence-electron chi connectivity index (χ0n) is 21.8. The number of aliphatic imine (C=N–C) groups is 1. The molecule has 0 aromatic heterocycles. The highest BCUT2D eigenvalue weighted by atomic mass is 16.5. The zero-order valence-corrected chi connectivity index (χ0v) is 21.8. The second kappa shape index (κ2) is 9.69. The Morgan fingerprint density at radius 3 is 2.86 bits per heavy atom. The van der Waals surface area contributed by atoms with Crippen molar-refractivity contribution in [2.75, 3.05) is 13.2 Å². The first kappa shape index (κ1) is 25.1. The summed E-state index contributed by atoms with van der Waals surface area (Å²) < 4.78 is 12.0. The van der Waals surface area contributed by atoms with Crippen molar-refractivity contribution in [1.82, 2.24) is 10.2 Å². The minimum Gasteiger partial charge on any atom is -0.487 e. The Bertz CT molecular complexity index is 1050. The van der Waals surface area contributed by atoms with Gasteiger partial charge in [0.1, 0.15) is 11.4 Å². The van der Waals surface area contributed by atoms with E-state index < -0.39 is 5.54 Å². The molecule has 8 heteroatoms. The maximum atomic E-state index is 13.5. The third-order valence-electron chi connectivity index (χ3n) is 8.44. The molecular weight excluding hydrogens is 456 g/mol. The molecule has 196 valence electrons. The molecule has 3 N–H and O–H groups in total. The summed E-state index contributed by atoms with van der Waals surface area (Å²) >= 11 is 0. The Kier molecular flexibility index (Phi) is 6.74. The molecule has 0 radical (unpaired) electrons. The van der Waals surface area contributed by atoms with E-state index in [4.69, 9.17) is 20.2 Å². The maximum Gasteiger partial charge on any atom is 0.231 e. The molecule has 0 aliphatic carbocycles. The highest BCUT2D eigenvalue weighted by molar-refractivity contribution is 5.99. The predicted octanol–water partition coefficient (Wildman–Crippen LogP) is 3.62. The van der Waals surface area contributed by atoms with Gasteiger partial charge in [-0.05, 0) is 57.6 Å². The Balaban J connectivity index is 1.49. The number of guanidine groups is 1. The molecule has 5 heterocycles. The van der Waals surface area contributed by atoms with Crippen LogP contribution < -0.4 is 15.8 Å². The number of nitrogens with two attached hydrogens (primary N) is 1. The van der Waals surface area contributed by atoms with Gasteiger partial charge in [-0.15, -0.1) is 0 Å². The molecule has 1 aromatic carbocycles. The van der Waals surface area contributed by atoms with Crippen LogP contribution in [0.3, 0.4) is 0 Å². The third-order valence-corrected chi connectivity index (χ3v) is 8.44. The first-order valence-corrected chi connectivity index (χ1v) is 13.5. The molecule has 1 aromatic rings. The van der Waals surface area contributed by atoms with Crippen molar-refractivity contribution >= 4 is 17.8 Å². The molecule has 0 spiro atoms. The molecule has 2 unspecified atom stereocenters. The van der Waals surface area contributed by atoms with E-state index in [2.05, 4.69) is 44.3 Å². The number of nitrogens with zero attached hydrogens (tertiary/aromatic N) is 2. The second-order valence-corrected chi connectivity index (χ2v) is 11.6. The molecule has 1 fully saturated rings. The van der Waals surface area contributed by atoms with Gasteiger partial charge < -0.3 is 20.5 Å². The molecule has 2 amide bonds. The first-order chi connectivity index (χ1) is 17.2. The van der Waals surface area contributed by atoms with Gasteiger partial charge in [0.2, 0.25) is 11.8 Å². The number of carbonyl (C=O) groups excluding carboxylic acids is 2. The molecule has 0 saturated carbocycles. The molecule has 8 nitrogen and oxygen atoms in total. The van der Waals surface area contributed by atoms with Crippen molar-refractivity contribution < 1.29 is 19.1 Å². The van der Waals surface area contributed by atoms with Crippen LogP contribution in [-0.2, 0) is 20.7 Å². The summed E-state index contributed by atoms with van der Waals surface area (Å²) in [6.07, 6.45) is 6.50. The molecule has 4 atom stereocenters. The summed E-state index contributed by atoms with van der Waals surface area (Å²) in [6.45, 7) is 7.18. The van der Waals surface area contributed by atoms with Crippen LogP contribution >= 0.6 is 0 Å². The van der Waals surface area contributed by atoms with Crippen molar-refractivity contribution in [3.8, 4) is 5.75 Å². The van der Waals surface area contributed by atoms with E-state index in [-0.39, 0.29) is 41.8 Å². The number of hydrogen-bond acceptors (Lipinski definition) is 6. The van der Waals surface area contributed by atoms with E-state index in [1.165, 1.54) is 5.56 Å². The average Bonchev–Trinajstić information content (AvgIpc) is 2.82. The summed E-state index contributed by atoms with van der Waals surface area (Å²) in [7, 11) is 0. The number of benzene rings is 1. The highest BCUT2D eigenvalue weighted by Crippen LogP contribution is 2.41. The molecule has 5 aliphatic heterocycles. The summed E-state index contributed by atoms with van der Waals surface area (Å²) in [5.74, 6) is 0.991. The lowest BCUT2D eigenvalue weighted by Gasteiger charge is -2.44. The number of nitrogens with one attached hydrogen (secondary N) is 1. The maximum absolute atomic E-state index is 13.5. The minimum absolute atomic E-state index is 0.0217. The Morgan fingerprint density at radius 1 is 1.25 bits per heavy atom. The van der Waals surface area contributed by atoms with Crippen molar-refractivity contribution in [1.29, 1.82) is 0 Å². The second-order valence-electron chi connectivity index (χ2n) is 11.6. The van der Waals surface area contributed by atoms with Gasteiger partial charge in [-0.25, -0.2) is 4.99 Å². The summed E-state index contributed by atoms with van der Waals surface area (Å²) in [6, 6.07) is 6.08.